The third kappa shape index (κ3) is 3.14. The second-order valence-electron chi connectivity index (χ2n) is 6.51. The number of hydrogen-bond donors (Lipinski definition) is 0. The molecule has 0 radical (unpaired) electrons. The van der Waals surface area contributed by atoms with Gasteiger partial charge in [-0.3, -0.25) is 4.90 Å². The summed E-state index contributed by atoms with van der Waals surface area (Å²) in [6.07, 6.45) is 2.00. The average Bonchev–Trinajstić information content (AvgIpc) is 3.02. The van der Waals surface area contributed by atoms with Gasteiger partial charge in [0.05, 0.1) is 18.8 Å². The van der Waals surface area contributed by atoms with E-state index in [0.29, 0.717) is 19.0 Å². The van der Waals surface area contributed by atoms with Crippen molar-refractivity contribution in [2.24, 2.45) is 0 Å². The number of halogens is 1. The smallest absolute Gasteiger partial charge is 0.335 e. The lowest BCUT2D eigenvalue weighted by Crippen LogP contribution is -2.49. The maximum atomic E-state index is 13.5. The molecule has 1 aromatic carbocycles. The zero-order chi connectivity index (χ0) is 17.3. The molecule has 0 bridgehead atoms. The Hall–Kier alpha value is -1.97. The summed E-state index contributed by atoms with van der Waals surface area (Å²) >= 11 is 0. The summed E-state index contributed by atoms with van der Waals surface area (Å²) < 4.78 is 24.2. The number of nitriles is 1. The summed E-state index contributed by atoms with van der Waals surface area (Å²) in [7, 11) is 1.37. The lowest BCUT2D eigenvalue weighted by Gasteiger charge is -2.41. The Kier molecular flexibility index (Phi) is 4.83. The van der Waals surface area contributed by atoms with Crippen LogP contribution in [0.15, 0.2) is 18.2 Å². The summed E-state index contributed by atoms with van der Waals surface area (Å²) in [5.74, 6) is -0.827. The van der Waals surface area contributed by atoms with E-state index >= 15 is 0 Å². The van der Waals surface area contributed by atoms with Gasteiger partial charge >= 0.3 is 5.97 Å². The van der Waals surface area contributed by atoms with Gasteiger partial charge in [-0.05, 0) is 37.5 Å². The van der Waals surface area contributed by atoms with Crippen LogP contribution in [0.5, 0.6) is 0 Å². The molecule has 0 spiro atoms. The van der Waals surface area contributed by atoms with E-state index in [1.807, 2.05) is 6.07 Å². The number of methoxy groups -OCH3 is 1. The van der Waals surface area contributed by atoms with Gasteiger partial charge in [0.25, 0.3) is 0 Å². The lowest BCUT2D eigenvalue weighted by atomic mass is 9.92. The predicted octanol–water partition coefficient (Wildman–Crippen LogP) is 2.38. The average molecular weight is 332 g/mol. The molecule has 2 fully saturated rings. The molecule has 2 heterocycles. The first-order valence-corrected chi connectivity index (χ1v) is 8.21. The normalized spacial score (nSPS) is 29.8. The number of benzene rings is 1. The highest BCUT2D eigenvalue weighted by Crippen LogP contribution is 2.36. The molecule has 0 unspecified atom stereocenters. The zero-order valence-corrected chi connectivity index (χ0v) is 13.9. The van der Waals surface area contributed by atoms with E-state index in [2.05, 4.69) is 11.8 Å². The molecule has 3 rings (SSSR count). The number of carbonyl (C=O) groups is 1. The van der Waals surface area contributed by atoms with Crippen molar-refractivity contribution < 1.29 is 18.7 Å². The van der Waals surface area contributed by atoms with Crippen LogP contribution in [0.1, 0.15) is 37.3 Å². The zero-order valence-electron chi connectivity index (χ0n) is 13.9. The topological polar surface area (TPSA) is 62.6 Å². The molecular weight excluding hydrogens is 311 g/mol. The van der Waals surface area contributed by atoms with E-state index in [-0.39, 0.29) is 23.7 Å². The summed E-state index contributed by atoms with van der Waals surface area (Å²) in [5, 5.41) is 9.00. The van der Waals surface area contributed by atoms with Crippen LogP contribution in [0.25, 0.3) is 0 Å². The van der Waals surface area contributed by atoms with Crippen LogP contribution in [0.4, 0.5) is 4.39 Å². The first kappa shape index (κ1) is 16.9. The Balaban J connectivity index is 1.78. The minimum Gasteiger partial charge on any atom is -0.467 e. The number of esters is 1. The number of nitrogens with zero attached hydrogens (tertiary/aromatic N) is 2. The molecule has 6 heteroatoms. The van der Waals surface area contributed by atoms with Crippen molar-refractivity contribution >= 4 is 5.97 Å². The number of fused-ring (bicyclic) bond motifs is 1. The molecule has 0 N–H and O–H groups in total. The molecule has 128 valence electrons. The van der Waals surface area contributed by atoms with Crippen LogP contribution in [-0.4, -0.2) is 42.3 Å². The van der Waals surface area contributed by atoms with Gasteiger partial charge in [0.15, 0.2) is 6.10 Å². The summed E-state index contributed by atoms with van der Waals surface area (Å²) in [4.78, 5) is 14.1. The lowest BCUT2D eigenvalue weighted by molar-refractivity contribution is -0.153. The molecule has 5 nitrogen and oxygen atoms in total. The van der Waals surface area contributed by atoms with Crippen molar-refractivity contribution in [2.75, 3.05) is 7.11 Å². The fraction of sp³-hybridized carbons (Fsp3) is 0.556. The van der Waals surface area contributed by atoms with Crippen molar-refractivity contribution in [3.63, 3.8) is 0 Å². The molecule has 2 aliphatic rings. The van der Waals surface area contributed by atoms with Crippen molar-refractivity contribution in [1.29, 1.82) is 5.26 Å². The Morgan fingerprint density at radius 2 is 2.29 bits per heavy atom. The molecule has 24 heavy (non-hydrogen) atoms. The molecule has 2 saturated heterocycles. The number of piperidine rings is 1. The first-order chi connectivity index (χ1) is 11.5. The third-order valence-electron chi connectivity index (χ3n) is 5.07. The van der Waals surface area contributed by atoms with Gasteiger partial charge in [0.1, 0.15) is 11.9 Å². The standard InChI is InChI=1S/C18H21FN2O3/c1-11-3-6-16-15(8-17(24-16)18(22)23-2)21(11)10-12-4-5-14(19)13(7-12)9-20/h4-5,7,11,15-17H,3,6,8,10H2,1-2H3/t11-,15+,16-,17-/m0/s1. The van der Waals surface area contributed by atoms with Crippen LogP contribution >= 0.6 is 0 Å². The van der Waals surface area contributed by atoms with Crippen molar-refractivity contribution in [3.05, 3.63) is 35.1 Å². The van der Waals surface area contributed by atoms with Crippen LogP contribution < -0.4 is 0 Å². The van der Waals surface area contributed by atoms with Crippen molar-refractivity contribution in [1.82, 2.24) is 4.90 Å². The van der Waals surface area contributed by atoms with Crippen molar-refractivity contribution in [2.45, 2.75) is 57.0 Å². The summed E-state index contributed by atoms with van der Waals surface area (Å²) in [6, 6.07) is 6.99. The number of likely N-dealkylation sites (tertiary alicyclic amines) is 1. The number of rotatable bonds is 3. The van der Waals surface area contributed by atoms with Gasteiger partial charge in [-0.1, -0.05) is 6.07 Å². The Labute approximate surface area is 141 Å². The first-order valence-electron chi connectivity index (χ1n) is 8.21. The van der Waals surface area contributed by atoms with Crippen LogP contribution in [-0.2, 0) is 20.8 Å². The van der Waals surface area contributed by atoms with E-state index in [1.54, 1.807) is 12.1 Å². The van der Waals surface area contributed by atoms with E-state index < -0.39 is 11.9 Å². The maximum absolute atomic E-state index is 13.5. The fourth-order valence-corrected chi connectivity index (χ4v) is 3.76. The summed E-state index contributed by atoms with van der Waals surface area (Å²) in [6.45, 7) is 2.75. The highest BCUT2D eigenvalue weighted by Gasteiger charge is 2.45. The van der Waals surface area contributed by atoms with E-state index in [0.717, 1.165) is 18.4 Å². The largest absolute Gasteiger partial charge is 0.467 e. The molecule has 0 aromatic heterocycles. The second-order valence-corrected chi connectivity index (χ2v) is 6.51. The van der Waals surface area contributed by atoms with Crippen molar-refractivity contribution in [3.8, 4) is 6.07 Å². The number of hydrogen-bond acceptors (Lipinski definition) is 5. The fourth-order valence-electron chi connectivity index (χ4n) is 3.76. The maximum Gasteiger partial charge on any atom is 0.335 e. The molecule has 2 aliphatic heterocycles. The van der Waals surface area contributed by atoms with E-state index in [1.165, 1.54) is 13.2 Å². The Morgan fingerprint density at radius 1 is 1.50 bits per heavy atom. The summed E-state index contributed by atoms with van der Waals surface area (Å²) in [5.41, 5.74) is 0.950. The van der Waals surface area contributed by atoms with E-state index in [9.17, 15) is 9.18 Å². The monoisotopic (exact) mass is 332 g/mol. The highest BCUT2D eigenvalue weighted by molar-refractivity contribution is 5.75. The SMILES string of the molecule is COC(=O)[C@@H]1C[C@@H]2[C@H](CC[C@H](C)N2Cc2ccc(F)c(C#N)c2)O1. The minimum atomic E-state index is -0.513. The number of ether oxygens (including phenoxy) is 2. The van der Waals surface area contributed by atoms with Crippen LogP contribution in [0.3, 0.4) is 0 Å². The second kappa shape index (κ2) is 6.88. The van der Waals surface area contributed by atoms with E-state index in [4.69, 9.17) is 14.7 Å². The molecular formula is C18H21FN2O3. The van der Waals surface area contributed by atoms with Gasteiger partial charge in [0.2, 0.25) is 0 Å². The Bertz CT molecular complexity index is 673. The van der Waals surface area contributed by atoms with Crippen LogP contribution in [0, 0.1) is 17.1 Å². The van der Waals surface area contributed by atoms with Gasteiger partial charge in [0, 0.05) is 25.0 Å². The minimum absolute atomic E-state index is 0.0150. The third-order valence-corrected chi connectivity index (χ3v) is 5.07. The molecule has 1 aromatic rings. The quantitative estimate of drug-likeness (QED) is 0.795. The van der Waals surface area contributed by atoms with Crippen LogP contribution in [0.2, 0.25) is 0 Å². The predicted molar refractivity (Wildman–Crippen MR) is 84.4 cm³/mol. The van der Waals surface area contributed by atoms with Gasteiger partial charge in [-0.15, -0.1) is 0 Å². The van der Waals surface area contributed by atoms with Gasteiger partial charge in [-0.2, -0.15) is 5.26 Å². The molecule has 0 amide bonds. The van der Waals surface area contributed by atoms with Gasteiger partial charge < -0.3 is 9.47 Å². The highest BCUT2D eigenvalue weighted by atomic mass is 19.1. The molecule has 4 atom stereocenters. The Morgan fingerprint density at radius 3 is 3.00 bits per heavy atom. The number of carbonyl (C=O) groups excluding carboxylic acids is 1. The molecule has 0 aliphatic carbocycles. The van der Waals surface area contributed by atoms with Gasteiger partial charge in [-0.25, -0.2) is 9.18 Å². The molecule has 0 saturated carbocycles.